The molecule has 1 saturated heterocycles. The number of epoxide rings is 1. The molecule has 1 spiro atoms. The summed E-state index contributed by atoms with van der Waals surface area (Å²) in [7, 11) is 0. The zero-order chi connectivity index (χ0) is 25.4. The molecule has 0 radical (unpaired) electrons. The lowest BCUT2D eigenvalue weighted by Crippen LogP contribution is -2.70. The van der Waals surface area contributed by atoms with Crippen LogP contribution < -0.4 is 0 Å². The van der Waals surface area contributed by atoms with E-state index in [9.17, 15) is 4.79 Å². The first-order valence-electron chi connectivity index (χ1n) is 14.9. The highest BCUT2D eigenvalue weighted by atomic mass is 16.6. The second-order valence-corrected chi connectivity index (χ2v) is 16.6. The van der Waals surface area contributed by atoms with Gasteiger partial charge in [0.1, 0.15) is 11.7 Å². The third-order valence-electron chi connectivity index (χ3n) is 14.3. The van der Waals surface area contributed by atoms with Crippen molar-refractivity contribution < 1.29 is 14.3 Å². The van der Waals surface area contributed by atoms with Crippen molar-refractivity contribution in [2.45, 2.75) is 144 Å². The number of hydrogen-bond donors (Lipinski definition) is 0. The van der Waals surface area contributed by atoms with E-state index in [-0.39, 0.29) is 28.5 Å². The molecule has 0 bridgehead atoms. The Bertz CT molecular complexity index is 937. The van der Waals surface area contributed by atoms with Crippen molar-refractivity contribution in [2.75, 3.05) is 0 Å². The van der Waals surface area contributed by atoms with Crippen molar-refractivity contribution in [1.29, 1.82) is 0 Å². The lowest BCUT2D eigenvalue weighted by Gasteiger charge is -2.72. The number of esters is 1. The molecule has 0 amide bonds. The van der Waals surface area contributed by atoms with E-state index >= 15 is 0 Å². The molecule has 5 saturated carbocycles. The van der Waals surface area contributed by atoms with Crippen LogP contribution in [-0.2, 0) is 14.3 Å². The summed E-state index contributed by atoms with van der Waals surface area (Å²) < 4.78 is 13.1. The lowest BCUT2D eigenvalue weighted by molar-refractivity contribution is -0.245. The van der Waals surface area contributed by atoms with E-state index in [1.165, 1.54) is 57.8 Å². The quantitative estimate of drug-likeness (QED) is 0.280. The highest BCUT2D eigenvalue weighted by molar-refractivity contribution is 5.66. The van der Waals surface area contributed by atoms with Gasteiger partial charge >= 0.3 is 5.97 Å². The van der Waals surface area contributed by atoms with E-state index in [4.69, 9.17) is 9.47 Å². The first-order chi connectivity index (χ1) is 16.1. The first kappa shape index (κ1) is 24.7. The van der Waals surface area contributed by atoms with Crippen molar-refractivity contribution in [1.82, 2.24) is 0 Å². The fourth-order valence-corrected chi connectivity index (χ4v) is 12.1. The Kier molecular flexibility index (Phi) is 4.87. The molecule has 0 N–H and O–H groups in total. The Balaban J connectivity index is 1.38. The molecule has 1 heterocycles. The number of fused-ring (bicyclic) bond motifs is 5. The third-order valence-corrected chi connectivity index (χ3v) is 14.3. The van der Waals surface area contributed by atoms with Crippen LogP contribution in [0.15, 0.2) is 0 Å². The average molecular weight is 485 g/mol. The molecule has 35 heavy (non-hydrogen) atoms. The molecule has 198 valence electrons. The van der Waals surface area contributed by atoms with Gasteiger partial charge in [-0.2, -0.15) is 0 Å². The van der Waals surface area contributed by atoms with E-state index in [2.05, 4.69) is 55.4 Å². The maximum atomic E-state index is 11.9. The van der Waals surface area contributed by atoms with Crippen LogP contribution in [0, 0.1) is 50.2 Å². The van der Waals surface area contributed by atoms with Gasteiger partial charge in [-0.3, -0.25) is 4.79 Å². The second kappa shape index (κ2) is 6.89. The highest BCUT2D eigenvalue weighted by Gasteiger charge is 2.84. The Morgan fingerprint density at radius 3 is 2.17 bits per heavy atom. The van der Waals surface area contributed by atoms with Crippen molar-refractivity contribution in [3.8, 4) is 0 Å². The van der Waals surface area contributed by atoms with E-state index < -0.39 is 0 Å². The first-order valence-corrected chi connectivity index (χ1v) is 14.9. The molecule has 5 aliphatic carbocycles. The van der Waals surface area contributed by atoms with Gasteiger partial charge in [0.05, 0.1) is 6.10 Å². The Morgan fingerprint density at radius 1 is 0.800 bits per heavy atom. The van der Waals surface area contributed by atoms with E-state index in [0.29, 0.717) is 45.5 Å². The minimum Gasteiger partial charge on any atom is -0.462 e. The van der Waals surface area contributed by atoms with Crippen LogP contribution in [0.5, 0.6) is 0 Å². The summed E-state index contributed by atoms with van der Waals surface area (Å²) in [6.45, 7) is 22.0. The summed E-state index contributed by atoms with van der Waals surface area (Å²) in [4.78, 5) is 11.9. The van der Waals surface area contributed by atoms with Crippen LogP contribution in [0.25, 0.3) is 0 Å². The molecular formula is C32H52O3. The molecule has 1 aliphatic heterocycles. The van der Waals surface area contributed by atoms with Crippen LogP contribution in [0.3, 0.4) is 0 Å². The summed E-state index contributed by atoms with van der Waals surface area (Å²) in [5.41, 5.74) is 1.90. The van der Waals surface area contributed by atoms with Crippen LogP contribution in [-0.4, -0.2) is 23.8 Å². The van der Waals surface area contributed by atoms with Gasteiger partial charge in [0.25, 0.3) is 0 Å². The Morgan fingerprint density at radius 2 is 1.49 bits per heavy atom. The fraction of sp³-hybridized carbons (Fsp3) is 0.969. The average Bonchev–Trinajstić information content (AvgIpc) is 3.48. The highest BCUT2D eigenvalue weighted by Crippen LogP contribution is 2.83. The van der Waals surface area contributed by atoms with Gasteiger partial charge in [0.15, 0.2) is 0 Å². The number of ether oxygens (including phenoxy) is 2. The van der Waals surface area contributed by atoms with Crippen LogP contribution in [0.1, 0.15) is 127 Å². The zero-order valence-corrected chi connectivity index (χ0v) is 24.2. The Labute approximate surface area is 214 Å². The van der Waals surface area contributed by atoms with Gasteiger partial charge in [-0.25, -0.2) is 0 Å². The van der Waals surface area contributed by atoms with Crippen molar-refractivity contribution >= 4 is 5.97 Å². The van der Waals surface area contributed by atoms with E-state index in [1.54, 1.807) is 6.92 Å². The SMILES string of the molecule is CC(=O)OC1CCC2(C)C(CCC3(C)C2CC2OC24C2CC(C)(C)CCC2(C)CCC34C)C1(C)C. The number of hydrogen-bond acceptors (Lipinski definition) is 3. The van der Waals surface area contributed by atoms with Gasteiger partial charge in [-0.15, -0.1) is 0 Å². The van der Waals surface area contributed by atoms with Crippen LogP contribution >= 0.6 is 0 Å². The molecule has 0 aromatic rings. The molecular weight excluding hydrogens is 432 g/mol. The number of rotatable bonds is 1. The topological polar surface area (TPSA) is 38.8 Å². The van der Waals surface area contributed by atoms with E-state index in [0.717, 1.165) is 6.42 Å². The molecule has 10 unspecified atom stereocenters. The molecule has 6 rings (SSSR count). The lowest BCUT2D eigenvalue weighted by atomic mass is 9.31. The summed E-state index contributed by atoms with van der Waals surface area (Å²) in [5, 5.41) is 0. The normalized spacial score (nSPS) is 57.5. The Hall–Kier alpha value is -0.570. The summed E-state index contributed by atoms with van der Waals surface area (Å²) >= 11 is 0. The van der Waals surface area contributed by atoms with Crippen molar-refractivity contribution in [3.63, 3.8) is 0 Å². The molecule has 0 aromatic heterocycles. The maximum absolute atomic E-state index is 11.9. The summed E-state index contributed by atoms with van der Waals surface area (Å²) in [6.07, 6.45) is 13.3. The van der Waals surface area contributed by atoms with Gasteiger partial charge in [-0.05, 0) is 104 Å². The maximum Gasteiger partial charge on any atom is 0.302 e. The molecule has 6 aliphatic rings. The largest absolute Gasteiger partial charge is 0.462 e. The monoisotopic (exact) mass is 484 g/mol. The van der Waals surface area contributed by atoms with E-state index in [1.807, 2.05) is 0 Å². The predicted octanol–water partition coefficient (Wildman–Crippen LogP) is 7.95. The van der Waals surface area contributed by atoms with Gasteiger partial charge in [0, 0.05) is 17.8 Å². The zero-order valence-electron chi connectivity index (χ0n) is 24.2. The minimum absolute atomic E-state index is 0.0262. The second-order valence-electron chi connectivity index (χ2n) is 16.6. The van der Waals surface area contributed by atoms with Crippen LogP contribution in [0.4, 0.5) is 0 Å². The standard InChI is InChI=1S/C32H52O3/c1-20(33)34-24-11-12-29(7)21(27(24,4)5)10-13-30(8)22(29)18-25-32(35-25)23-19-26(2,3)14-15-28(23,6)16-17-31(30,32)9/h21-25H,10-19H2,1-9H3. The smallest absolute Gasteiger partial charge is 0.302 e. The number of carbonyl (C=O) groups is 1. The minimum atomic E-state index is -0.116. The molecule has 3 heteroatoms. The number of carbonyl (C=O) groups excluding carboxylic acids is 1. The van der Waals surface area contributed by atoms with Gasteiger partial charge < -0.3 is 9.47 Å². The third kappa shape index (κ3) is 2.86. The summed E-state index contributed by atoms with van der Waals surface area (Å²) in [6, 6.07) is 0. The van der Waals surface area contributed by atoms with Gasteiger partial charge in [-0.1, -0.05) is 55.4 Å². The molecule has 3 nitrogen and oxygen atoms in total. The van der Waals surface area contributed by atoms with Crippen LogP contribution in [0.2, 0.25) is 0 Å². The molecule has 0 aromatic carbocycles. The molecule has 10 atom stereocenters. The molecule has 6 fully saturated rings. The predicted molar refractivity (Wildman–Crippen MR) is 140 cm³/mol. The van der Waals surface area contributed by atoms with Gasteiger partial charge in [0.2, 0.25) is 0 Å². The van der Waals surface area contributed by atoms with Crippen molar-refractivity contribution in [3.05, 3.63) is 0 Å². The fourth-order valence-electron chi connectivity index (χ4n) is 12.1. The van der Waals surface area contributed by atoms with Crippen molar-refractivity contribution in [2.24, 2.45) is 50.2 Å². The summed E-state index contributed by atoms with van der Waals surface area (Å²) in [5.74, 6) is 1.89.